The zero-order valence-corrected chi connectivity index (χ0v) is 16.7. The highest BCUT2D eigenvalue weighted by Crippen LogP contribution is 2.50. The Hall–Kier alpha value is -3.27. The van der Waals surface area contributed by atoms with Crippen LogP contribution in [0.3, 0.4) is 0 Å². The summed E-state index contributed by atoms with van der Waals surface area (Å²) in [5.74, 6) is -1.45. The number of alkyl halides is 1. The van der Waals surface area contributed by atoms with Gasteiger partial charge in [-0.15, -0.1) is 0 Å². The van der Waals surface area contributed by atoms with E-state index >= 15 is 4.39 Å². The van der Waals surface area contributed by atoms with Crippen molar-refractivity contribution in [1.29, 1.82) is 0 Å². The third kappa shape index (κ3) is 3.78. The summed E-state index contributed by atoms with van der Waals surface area (Å²) in [5.41, 5.74) is 0.718. The number of carbonyl (C=O) groups is 2. The maximum Gasteiger partial charge on any atom is 0.351 e. The first-order chi connectivity index (χ1) is 14.1. The van der Waals surface area contributed by atoms with Crippen molar-refractivity contribution in [1.82, 2.24) is 9.55 Å². The second-order valence-electron chi connectivity index (χ2n) is 7.26. The van der Waals surface area contributed by atoms with Crippen LogP contribution >= 0.6 is 0 Å². The lowest BCUT2D eigenvalue weighted by atomic mass is 9.84. The Kier molecular flexibility index (Phi) is 5.62. The summed E-state index contributed by atoms with van der Waals surface area (Å²) >= 11 is 0. The van der Waals surface area contributed by atoms with Gasteiger partial charge in [0.05, 0.1) is 5.56 Å². The number of carbonyl (C=O) groups excluding carboxylic acids is 2. The van der Waals surface area contributed by atoms with Gasteiger partial charge < -0.3 is 19.9 Å². The van der Waals surface area contributed by atoms with E-state index in [1.807, 2.05) is 0 Å². The molecule has 0 bridgehead atoms. The molecule has 1 aliphatic rings. The van der Waals surface area contributed by atoms with Gasteiger partial charge >= 0.3 is 17.6 Å². The first kappa shape index (κ1) is 21.4. The van der Waals surface area contributed by atoms with Crippen molar-refractivity contribution >= 4 is 17.8 Å². The molecule has 1 saturated heterocycles. The van der Waals surface area contributed by atoms with Gasteiger partial charge in [0, 0.05) is 13.1 Å². The van der Waals surface area contributed by atoms with Crippen LogP contribution < -0.4 is 11.4 Å². The molecular weight excluding hydrogens is 397 g/mol. The van der Waals surface area contributed by atoms with Crippen LogP contribution in [-0.4, -0.2) is 45.5 Å². The lowest BCUT2D eigenvalue weighted by Gasteiger charge is -2.36. The molecule has 0 amide bonds. The van der Waals surface area contributed by atoms with Crippen molar-refractivity contribution in [3.63, 3.8) is 0 Å². The van der Waals surface area contributed by atoms with E-state index in [0.29, 0.717) is 5.56 Å². The predicted molar refractivity (Wildman–Crippen MR) is 103 cm³/mol. The number of benzene rings is 1. The fraction of sp³-hybridized carbons (Fsp3) is 0.400. The quantitative estimate of drug-likeness (QED) is 0.726. The molecule has 4 atom stereocenters. The summed E-state index contributed by atoms with van der Waals surface area (Å²) < 4.78 is 33.2. The highest BCUT2D eigenvalue weighted by molar-refractivity contribution is 5.89. The van der Waals surface area contributed by atoms with Crippen molar-refractivity contribution in [3.05, 3.63) is 58.6 Å². The third-order valence-electron chi connectivity index (χ3n) is 5.18. The van der Waals surface area contributed by atoms with Gasteiger partial charge in [-0.05, 0) is 32.0 Å². The number of anilines is 1. The molecule has 2 aromatic rings. The van der Waals surface area contributed by atoms with E-state index in [1.54, 1.807) is 30.3 Å². The fourth-order valence-corrected chi connectivity index (χ4v) is 3.38. The standard InChI is InChI=1S/C20H22FN3O6/c1-12(25)30-20(3)14(11-28-16(26)13-7-5-4-6-8-13)29-17(19(20,2)21)24-10-9-15(22)23-18(24)27/h4-10,14,17H,11H2,1-3H3,(H2,22,23,27)/t14-,17?,19+,20?/m1/s1. The van der Waals surface area contributed by atoms with E-state index < -0.39 is 47.8 Å². The van der Waals surface area contributed by atoms with Crippen LogP contribution in [-0.2, 0) is 19.0 Å². The summed E-state index contributed by atoms with van der Waals surface area (Å²) in [5, 5.41) is 0. The van der Waals surface area contributed by atoms with Gasteiger partial charge in [0.25, 0.3) is 0 Å². The van der Waals surface area contributed by atoms with Gasteiger partial charge in [-0.3, -0.25) is 9.36 Å². The van der Waals surface area contributed by atoms with Gasteiger partial charge in [-0.2, -0.15) is 4.98 Å². The molecule has 0 spiro atoms. The van der Waals surface area contributed by atoms with E-state index in [-0.39, 0.29) is 5.82 Å². The van der Waals surface area contributed by atoms with Crippen LogP contribution in [0.15, 0.2) is 47.4 Å². The molecule has 0 aliphatic carbocycles. The van der Waals surface area contributed by atoms with E-state index in [0.717, 1.165) is 18.4 Å². The van der Waals surface area contributed by atoms with Gasteiger partial charge in [0.2, 0.25) is 0 Å². The molecular formula is C20H22FN3O6. The first-order valence-corrected chi connectivity index (χ1v) is 9.17. The molecule has 9 nitrogen and oxygen atoms in total. The maximum absolute atomic E-state index is 16.0. The number of esters is 2. The Morgan fingerprint density at radius 1 is 1.27 bits per heavy atom. The molecule has 2 unspecified atom stereocenters. The summed E-state index contributed by atoms with van der Waals surface area (Å²) in [7, 11) is 0. The summed E-state index contributed by atoms with van der Waals surface area (Å²) in [6.07, 6.45) is -1.46. The van der Waals surface area contributed by atoms with Crippen molar-refractivity contribution < 1.29 is 28.2 Å². The molecule has 1 aromatic carbocycles. The molecule has 1 fully saturated rings. The SMILES string of the molecule is CC(=O)OC1(C)[C@@H](COC(=O)c2ccccc2)OC(n2ccc(N)nc2=O)[C@]1(C)F. The molecule has 2 heterocycles. The number of aromatic nitrogens is 2. The van der Waals surface area contributed by atoms with E-state index in [1.165, 1.54) is 19.2 Å². The molecule has 160 valence electrons. The molecule has 1 aromatic heterocycles. The minimum Gasteiger partial charge on any atom is -0.459 e. The van der Waals surface area contributed by atoms with Crippen LogP contribution in [0.5, 0.6) is 0 Å². The number of hydrogen-bond acceptors (Lipinski definition) is 8. The summed E-state index contributed by atoms with van der Waals surface area (Å²) in [6.45, 7) is 3.18. The predicted octanol–water partition coefficient (Wildman–Crippen LogP) is 1.63. The minimum atomic E-state index is -2.37. The van der Waals surface area contributed by atoms with Crippen molar-refractivity contribution in [2.24, 2.45) is 0 Å². The second-order valence-corrected chi connectivity index (χ2v) is 7.26. The lowest BCUT2D eigenvalue weighted by molar-refractivity contribution is -0.175. The molecule has 10 heteroatoms. The normalized spacial score (nSPS) is 28.1. The number of nitrogens with zero attached hydrogens (tertiary/aromatic N) is 2. The summed E-state index contributed by atoms with van der Waals surface area (Å²) in [4.78, 5) is 39.8. The highest BCUT2D eigenvalue weighted by atomic mass is 19.1. The average molecular weight is 419 g/mol. The molecule has 0 radical (unpaired) electrons. The topological polar surface area (TPSA) is 123 Å². The number of halogens is 1. The third-order valence-corrected chi connectivity index (χ3v) is 5.18. The number of rotatable bonds is 5. The fourth-order valence-electron chi connectivity index (χ4n) is 3.38. The Bertz CT molecular complexity index is 1010. The number of nitrogens with two attached hydrogens (primary N) is 1. The molecule has 0 saturated carbocycles. The van der Waals surface area contributed by atoms with Gasteiger partial charge in [0.15, 0.2) is 17.5 Å². The lowest BCUT2D eigenvalue weighted by Crippen LogP contribution is -2.55. The Morgan fingerprint density at radius 3 is 2.53 bits per heavy atom. The molecule has 1 aliphatic heterocycles. The highest BCUT2D eigenvalue weighted by Gasteiger charge is 2.66. The van der Waals surface area contributed by atoms with Crippen molar-refractivity contribution in [2.75, 3.05) is 12.3 Å². The van der Waals surface area contributed by atoms with Crippen LogP contribution in [0.4, 0.5) is 10.2 Å². The van der Waals surface area contributed by atoms with Crippen LogP contribution in [0.25, 0.3) is 0 Å². The Morgan fingerprint density at radius 2 is 1.93 bits per heavy atom. The molecule has 2 N–H and O–H groups in total. The monoisotopic (exact) mass is 419 g/mol. The van der Waals surface area contributed by atoms with Gasteiger partial charge in [-0.1, -0.05) is 18.2 Å². The Labute approximate surface area is 171 Å². The maximum atomic E-state index is 16.0. The van der Waals surface area contributed by atoms with Crippen LogP contribution in [0.2, 0.25) is 0 Å². The van der Waals surface area contributed by atoms with Crippen LogP contribution in [0.1, 0.15) is 37.4 Å². The zero-order chi connectivity index (χ0) is 22.1. The number of ether oxygens (including phenoxy) is 3. The van der Waals surface area contributed by atoms with E-state index in [2.05, 4.69) is 4.98 Å². The number of hydrogen-bond donors (Lipinski definition) is 1. The zero-order valence-electron chi connectivity index (χ0n) is 16.7. The van der Waals surface area contributed by atoms with Gasteiger partial charge in [-0.25, -0.2) is 14.0 Å². The van der Waals surface area contributed by atoms with Crippen LogP contribution in [0, 0.1) is 0 Å². The second kappa shape index (κ2) is 7.86. The Balaban J connectivity index is 1.91. The largest absolute Gasteiger partial charge is 0.459 e. The average Bonchev–Trinajstić information content (AvgIpc) is 2.86. The van der Waals surface area contributed by atoms with E-state index in [4.69, 9.17) is 19.9 Å². The first-order valence-electron chi connectivity index (χ1n) is 9.17. The molecule has 30 heavy (non-hydrogen) atoms. The van der Waals surface area contributed by atoms with E-state index in [9.17, 15) is 14.4 Å². The summed E-state index contributed by atoms with van der Waals surface area (Å²) in [6, 6.07) is 9.51. The smallest absolute Gasteiger partial charge is 0.351 e. The molecule has 3 rings (SSSR count). The number of nitrogen functional groups attached to an aromatic ring is 1. The van der Waals surface area contributed by atoms with Crippen molar-refractivity contribution in [2.45, 2.75) is 44.4 Å². The van der Waals surface area contributed by atoms with Crippen molar-refractivity contribution in [3.8, 4) is 0 Å². The minimum absolute atomic E-state index is 0.0362. The van der Waals surface area contributed by atoms with Gasteiger partial charge in [0.1, 0.15) is 18.5 Å².